The number of carbonyl (C=O) groups excluding carboxylic acids is 3. The van der Waals surface area contributed by atoms with Crippen LogP contribution in [0.25, 0.3) is 0 Å². The minimum atomic E-state index is -5.28. The summed E-state index contributed by atoms with van der Waals surface area (Å²) in [5.74, 6) is -2.77. The zero-order valence-electron chi connectivity index (χ0n) is 15.1. The van der Waals surface area contributed by atoms with Crippen LogP contribution in [0.1, 0.15) is 16.1 Å². The quantitative estimate of drug-likeness (QED) is 0.709. The molecule has 2 aromatic rings. The molecule has 1 aromatic heterocycles. The summed E-state index contributed by atoms with van der Waals surface area (Å²) in [5.41, 5.74) is -2.90. The number of nitrogens with one attached hydrogen (secondary N) is 2. The second kappa shape index (κ2) is 7.49. The summed E-state index contributed by atoms with van der Waals surface area (Å²) in [6, 6.07) is 7.77. The number of alkyl halides is 3. The van der Waals surface area contributed by atoms with Crippen LogP contribution >= 0.6 is 0 Å². The summed E-state index contributed by atoms with van der Waals surface area (Å²) in [4.78, 5) is 37.2. The van der Waals surface area contributed by atoms with Crippen LogP contribution in [0.2, 0.25) is 0 Å². The van der Waals surface area contributed by atoms with E-state index >= 15 is 0 Å². The molecule has 1 saturated heterocycles. The number of ether oxygens (including phenoxy) is 1. The Balaban J connectivity index is 1.79. The maximum Gasteiger partial charge on any atom is 0.440 e. The van der Waals surface area contributed by atoms with E-state index in [-0.39, 0.29) is 13.0 Å². The van der Waals surface area contributed by atoms with Crippen LogP contribution in [0.5, 0.6) is 5.75 Å². The normalized spacial score (nSPS) is 19.2. The first-order valence-electron chi connectivity index (χ1n) is 8.38. The van der Waals surface area contributed by atoms with Gasteiger partial charge >= 0.3 is 12.2 Å². The molecule has 4 amide bonds. The first-order valence-corrected chi connectivity index (χ1v) is 8.38. The van der Waals surface area contributed by atoms with E-state index in [9.17, 15) is 27.6 Å². The highest BCUT2D eigenvalue weighted by Crippen LogP contribution is 2.34. The topological polar surface area (TPSA) is 101 Å². The molecular formula is C18H16F3N3O5. The van der Waals surface area contributed by atoms with Gasteiger partial charge in [-0.1, -0.05) is 12.1 Å². The molecule has 1 aromatic carbocycles. The van der Waals surface area contributed by atoms with Crippen molar-refractivity contribution in [3.63, 3.8) is 0 Å². The van der Waals surface area contributed by atoms with Crippen molar-refractivity contribution in [3.8, 4) is 5.75 Å². The number of urea groups is 1. The fourth-order valence-electron chi connectivity index (χ4n) is 2.80. The molecule has 1 fully saturated rings. The van der Waals surface area contributed by atoms with Crippen LogP contribution in [0.3, 0.4) is 0 Å². The summed E-state index contributed by atoms with van der Waals surface area (Å²) >= 11 is 0. The van der Waals surface area contributed by atoms with Crippen molar-refractivity contribution < 1.29 is 36.7 Å². The van der Waals surface area contributed by atoms with Gasteiger partial charge in [0.1, 0.15) is 5.75 Å². The van der Waals surface area contributed by atoms with Crippen molar-refractivity contribution in [2.24, 2.45) is 0 Å². The molecule has 11 heteroatoms. The second-order valence-electron chi connectivity index (χ2n) is 6.16. The highest BCUT2D eigenvalue weighted by molar-refractivity contribution is 6.10. The summed E-state index contributed by atoms with van der Waals surface area (Å²) in [6.07, 6.45) is -4.08. The largest absolute Gasteiger partial charge is 0.497 e. The molecule has 1 aliphatic heterocycles. The molecule has 0 aliphatic carbocycles. The van der Waals surface area contributed by atoms with Gasteiger partial charge in [0, 0.05) is 6.54 Å². The maximum absolute atomic E-state index is 13.7. The molecule has 8 nitrogen and oxygen atoms in total. The molecule has 1 aliphatic rings. The number of hydrogen-bond acceptors (Lipinski definition) is 5. The van der Waals surface area contributed by atoms with Gasteiger partial charge in [0.25, 0.3) is 17.5 Å². The fourth-order valence-corrected chi connectivity index (χ4v) is 2.80. The van der Waals surface area contributed by atoms with Crippen LogP contribution in [-0.2, 0) is 11.2 Å². The molecular weight excluding hydrogens is 395 g/mol. The number of halogens is 3. The molecule has 0 bridgehead atoms. The summed E-state index contributed by atoms with van der Waals surface area (Å²) < 4.78 is 51.0. The number of carbonyl (C=O) groups is 3. The first kappa shape index (κ1) is 20.2. The van der Waals surface area contributed by atoms with E-state index < -0.39 is 35.4 Å². The van der Waals surface area contributed by atoms with Crippen LogP contribution in [0.15, 0.2) is 47.1 Å². The van der Waals surface area contributed by atoms with Gasteiger partial charge in [-0.15, -0.1) is 0 Å². The van der Waals surface area contributed by atoms with Crippen LogP contribution in [0.4, 0.5) is 18.0 Å². The lowest BCUT2D eigenvalue weighted by atomic mass is 10.1. The van der Waals surface area contributed by atoms with E-state index in [1.807, 2.05) is 0 Å². The lowest BCUT2D eigenvalue weighted by Crippen LogP contribution is -2.69. The zero-order valence-corrected chi connectivity index (χ0v) is 15.1. The number of benzene rings is 1. The molecule has 1 atom stereocenters. The van der Waals surface area contributed by atoms with Crippen LogP contribution < -0.4 is 15.4 Å². The fraction of sp³-hybridized carbons (Fsp3) is 0.278. The SMILES string of the molecule is COc1ccc(CCN2C(=O)N[C@@](NC(=O)c3ccco3)(C(F)(F)F)C2=O)cc1. The Morgan fingerprint density at radius 1 is 1.24 bits per heavy atom. The predicted octanol–water partition coefficient (Wildman–Crippen LogP) is 2.07. The zero-order chi connectivity index (χ0) is 21.2. The lowest BCUT2D eigenvalue weighted by molar-refractivity contribution is -0.200. The molecule has 0 spiro atoms. The molecule has 29 heavy (non-hydrogen) atoms. The molecule has 154 valence electrons. The maximum atomic E-state index is 13.7. The van der Waals surface area contributed by atoms with E-state index in [4.69, 9.17) is 9.15 Å². The molecule has 0 radical (unpaired) electrons. The summed E-state index contributed by atoms with van der Waals surface area (Å²) in [5, 5.41) is 3.13. The number of amides is 4. The average Bonchev–Trinajstić information content (AvgIpc) is 3.29. The molecule has 0 saturated carbocycles. The van der Waals surface area contributed by atoms with Crippen molar-refractivity contribution in [3.05, 3.63) is 54.0 Å². The van der Waals surface area contributed by atoms with Gasteiger partial charge in [-0.2, -0.15) is 13.2 Å². The average molecular weight is 411 g/mol. The highest BCUT2D eigenvalue weighted by atomic mass is 19.4. The number of furan rings is 1. The van der Waals surface area contributed by atoms with Crippen molar-refractivity contribution in [2.45, 2.75) is 18.3 Å². The standard InChI is InChI=1S/C18H16F3N3O5/c1-28-12-6-4-11(5-7-12)8-9-24-15(26)17(18(19,20)21,23-16(24)27)22-14(25)13-3-2-10-29-13/h2-7,10H,8-9H2,1H3,(H,22,25)(H,23,27)/t17-/m1/s1. The van der Waals surface area contributed by atoms with Crippen LogP contribution in [-0.4, -0.2) is 48.2 Å². The Bertz CT molecular complexity index is 912. The van der Waals surface area contributed by atoms with Crippen molar-refractivity contribution in [1.82, 2.24) is 15.5 Å². The smallest absolute Gasteiger partial charge is 0.440 e. The van der Waals surface area contributed by atoms with Gasteiger partial charge in [-0.05, 0) is 36.2 Å². The lowest BCUT2D eigenvalue weighted by Gasteiger charge is -2.29. The Kier molecular flexibility index (Phi) is 5.23. The Morgan fingerprint density at radius 2 is 1.93 bits per heavy atom. The van der Waals surface area contributed by atoms with E-state index in [1.54, 1.807) is 34.9 Å². The number of hydrogen-bond donors (Lipinski definition) is 2. The minimum Gasteiger partial charge on any atom is -0.497 e. The van der Waals surface area contributed by atoms with Gasteiger partial charge < -0.3 is 14.5 Å². The number of nitrogens with zero attached hydrogens (tertiary/aromatic N) is 1. The second-order valence-corrected chi connectivity index (χ2v) is 6.16. The Labute approximate surface area is 162 Å². The summed E-state index contributed by atoms with van der Waals surface area (Å²) in [6.45, 7) is -0.314. The Morgan fingerprint density at radius 3 is 2.48 bits per heavy atom. The molecule has 0 unspecified atom stereocenters. The van der Waals surface area contributed by atoms with Gasteiger partial charge in [0.2, 0.25) is 0 Å². The number of methoxy groups -OCH3 is 1. The third-order valence-electron chi connectivity index (χ3n) is 4.36. The van der Waals surface area contributed by atoms with E-state index in [0.29, 0.717) is 16.2 Å². The van der Waals surface area contributed by atoms with Gasteiger partial charge in [-0.3, -0.25) is 19.8 Å². The summed E-state index contributed by atoms with van der Waals surface area (Å²) in [7, 11) is 1.48. The Hall–Kier alpha value is -3.50. The molecule has 3 rings (SSSR count). The van der Waals surface area contributed by atoms with Crippen LogP contribution in [0, 0.1) is 0 Å². The van der Waals surface area contributed by atoms with Gasteiger partial charge in [0.15, 0.2) is 5.76 Å². The van der Waals surface area contributed by atoms with Crippen molar-refractivity contribution in [2.75, 3.05) is 13.7 Å². The monoisotopic (exact) mass is 411 g/mol. The van der Waals surface area contributed by atoms with Crippen molar-refractivity contribution >= 4 is 17.8 Å². The number of rotatable bonds is 6. The molecule has 2 heterocycles. The van der Waals surface area contributed by atoms with E-state index in [1.165, 1.54) is 13.2 Å². The van der Waals surface area contributed by atoms with E-state index in [2.05, 4.69) is 0 Å². The van der Waals surface area contributed by atoms with Gasteiger partial charge in [-0.25, -0.2) is 4.79 Å². The first-order chi connectivity index (χ1) is 13.7. The van der Waals surface area contributed by atoms with Gasteiger partial charge in [0.05, 0.1) is 13.4 Å². The van der Waals surface area contributed by atoms with E-state index in [0.717, 1.165) is 12.3 Å². The van der Waals surface area contributed by atoms with Crippen molar-refractivity contribution in [1.29, 1.82) is 0 Å². The third-order valence-corrected chi connectivity index (χ3v) is 4.36. The number of imide groups is 1. The minimum absolute atomic E-state index is 0.114. The highest BCUT2D eigenvalue weighted by Gasteiger charge is 2.68. The molecule has 2 N–H and O–H groups in total. The predicted molar refractivity (Wildman–Crippen MR) is 91.9 cm³/mol. The third kappa shape index (κ3) is 3.75.